The number of allylic oxidation sites excluding steroid dienone is 5. The van der Waals surface area contributed by atoms with Crippen LogP contribution in [-0.2, 0) is 5.41 Å². The van der Waals surface area contributed by atoms with E-state index in [0.29, 0.717) is 0 Å². The molecule has 8 aromatic rings. The molecule has 48 heavy (non-hydrogen) atoms. The quantitative estimate of drug-likeness (QED) is 0.170. The van der Waals surface area contributed by atoms with Crippen molar-refractivity contribution in [3.63, 3.8) is 0 Å². The monoisotopic (exact) mass is 616 g/mol. The first-order valence-corrected chi connectivity index (χ1v) is 16.7. The average Bonchev–Trinajstić information content (AvgIpc) is 3.70. The topological polar surface area (TPSA) is 9.86 Å². The molecule has 0 spiro atoms. The van der Waals surface area contributed by atoms with Crippen molar-refractivity contribution in [1.82, 2.24) is 9.13 Å². The second-order valence-electron chi connectivity index (χ2n) is 13.5. The van der Waals surface area contributed by atoms with Gasteiger partial charge in [0, 0.05) is 38.3 Å². The molecule has 1 aliphatic carbocycles. The summed E-state index contributed by atoms with van der Waals surface area (Å²) < 4.78 is 4.81. The summed E-state index contributed by atoms with van der Waals surface area (Å²) in [6.07, 6.45) is 6.13. The van der Waals surface area contributed by atoms with Crippen molar-refractivity contribution in [2.75, 3.05) is 0 Å². The molecule has 2 heteroatoms. The molecule has 230 valence electrons. The fraction of sp³-hybridized carbons (Fsp3) is 0.0870. The molecule has 0 unspecified atom stereocenters. The molecule has 6 aromatic carbocycles. The highest BCUT2D eigenvalue weighted by Crippen LogP contribution is 2.48. The Morgan fingerprint density at radius 1 is 0.542 bits per heavy atom. The average molecular weight is 617 g/mol. The van der Waals surface area contributed by atoms with E-state index < -0.39 is 0 Å². The van der Waals surface area contributed by atoms with Gasteiger partial charge >= 0.3 is 0 Å². The van der Waals surface area contributed by atoms with Crippen LogP contribution in [-0.4, -0.2) is 9.13 Å². The molecule has 0 saturated heterocycles. The smallest absolute Gasteiger partial charge is 0.0541 e. The lowest BCUT2D eigenvalue weighted by Gasteiger charge is -2.23. The first kappa shape index (κ1) is 28.4. The van der Waals surface area contributed by atoms with Crippen molar-refractivity contribution < 1.29 is 0 Å². The zero-order valence-electron chi connectivity index (χ0n) is 27.5. The number of hydrogen-bond acceptors (Lipinski definition) is 0. The predicted molar refractivity (Wildman–Crippen MR) is 206 cm³/mol. The van der Waals surface area contributed by atoms with Crippen molar-refractivity contribution >= 4 is 49.2 Å². The van der Waals surface area contributed by atoms with Crippen molar-refractivity contribution in [3.05, 3.63) is 175 Å². The number of para-hydroxylation sites is 3. The van der Waals surface area contributed by atoms with Crippen LogP contribution < -0.4 is 0 Å². The van der Waals surface area contributed by atoms with Crippen LogP contribution in [0.2, 0.25) is 0 Å². The SMILES string of the molecule is C=C/C=C\C1=C(C)c2cc(-n3c4ccccc4c4cc(-c5ccc6c(c5)c5ccccc5n6-c5ccccc5)ccc43)ccc2C1(C)C. The molecule has 0 aliphatic heterocycles. The highest BCUT2D eigenvalue weighted by molar-refractivity contribution is 6.12. The first-order valence-electron chi connectivity index (χ1n) is 16.7. The van der Waals surface area contributed by atoms with E-state index in [4.69, 9.17) is 0 Å². The normalized spacial score (nSPS) is 14.2. The number of hydrogen-bond donors (Lipinski definition) is 0. The van der Waals surface area contributed by atoms with Crippen molar-refractivity contribution in [2.45, 2.75) is 26.2 Å². The second-order valence-corrected chi connectivity index (χ2v) is 13.5. The summed E-state index contributed by atoms with van der Waals surface area (Å²) in [5, 5.41) is 5.06. The molecule has 2 aromatic heterocycles. The van der Waals surface area contributed by atoms with E-state index in [-0.39, 0.29) is 5.41 Å². The second kappa shape index (κ2) is 10.6. The van der Waals surface area contributed by atoms with Gasteiger partial charge in [0.2, 0.25) is 0 Å². The summed E-state index contributed by atoms with van der Waals surface area (Å²) in [5.41, 5.74) is 15.0. The van der Waals surface area contributed by atoms with E-state index in [2.05, 4.69) is 182 Å². The fourth-order valence-corrected chi connectivity index (χ4v) is 8.22. The van der Waals surface area contributed by atoms with Crippen molar-refractivity contribution in [1.29, 1.82) is 0 Å². The van der Waals surface area contributed by atoms with Crippen LogP contribution in [0.3, 0.4) is 0 Å². The van der Waals surface area contributed by atoms with E-state index in [1.807, 2.05) is 6.08 Å². The molecular formula is C46H36N2. The van der Waals surface area contributed by atoms with Crippen molar-refractivity contribution in [2.24, 2.45) is 0 Å². The van der Waals surface area contributed by atoms with Gasteiger partial charge in [-0.15, -0.1) is 0 Å². The first-order chi connectivity index (χ1) is 23.5. The zero-order valence-corrected chi connectivity index (χ0v) is 27.5. The molecule has 1 aliphatic rings. The highest BCUT2D eigenvalue weighted by Gasteiger charge is 2.35. The zero-order chi connectivity index (χ0) is 32.6. The standard InChI is InChI=1S/C46H36N2/c1-5-6-18-40-30(2)37-29-34(23-24-41(37)46(40,3)4)48-43-20-13-11-17-36(43)39-28-32(22-26-45(39)48)31-21-25-44-38(27-31)35-16-10-12-19-42(35)47(44)33-14-8-7-9-15-33/h5-29H,1H2,2-4H3/b18-6-. The molecule has 9 rings (SSSR count). The van der Waals surface area contributed by atoms with E-state index >= 15 is 0 Å². The van der Waals surface area contributed by atoms with Crippen LogP contribution in [0.25, 0.3) is 71.7 Å². The minimum Gasteiger partial charge on any atom is -0.309 e. The maximum atomic E-state index is 3.90. The number of rotatable bonds is 5. The third kappa shape index (κ3) is 4.06. The van der Waals surface area contributed by atoms with Gasteiger partial charge in [-0.2, -0.15) is 0 Å². The van der Waals surface area contributed by atoms with Gasteiger partial charge < -0.3 is 9.13 Å². The predicted octanol–water partition coefficient (Wildman–Crippen LogP) is 12.4. The Morgan fingerprint density at radius 2 is 1.08 bits per heavy atom. The Labute approximate surface area is 281 Å². The number of aromatic nitrogens is 2. The summed E-state index contributed by atoms with van der Waals surface area (Å²) in [7, 11) is 0. The molecule has 2 heterocycles. The Bertz CT molecular complexity index is 2650. The largest absolute Gasteiger partial charge is 0.309 e. The number of benzene rings is 6. The molecule has 0 fully saturated rings. The van der Waals surface area contributed by atoms with Crippen LogP contribution >= 0.6 is 0 Å². The van der Waals surface area contributed by atoms with Gasteiger partial charge in [0.25, 0.3) is 0 Å². The lowest BCUT2D eigenvalue weighted by molar-refractivity contribution is 0.654. The Balaban J connectivity index is 1.21. The molecule has 0 bridgehead atoms. The summed E-state index contributed by atoms with van der Waals surface area (Å²) in [5.74, 6) is 0. The minimum absolute atomic E-state index is 0.0539. The third-order valence-electron chi connectivity index (χ3n) is 10.5. The summed E-state index contributed by atoms with van der Waals surface area (Å²) in [4.78, 5) is 0. The number of fused-ring (bicyclic) bond motifs is 7. The lowest BCUT2D eigenvalue weighted by atomic mass is 9.81. The molecule has 0 radical (unpaired) electrons. The van der Waals surface area contributed by atoms with E-state index in [9.17, 15) is 0 Å². The van der Waals surface area contributed by atoms with Gasteiger partial charge in [0.15, 0.2) is 0 Å². The fourth-order valence-electron chi connectivity index (χ4n) is 8.22. The van der Waals surface area contributed by atoms with Gasteiger partial charge in [-0.3, -0.25) is 0 Å². The molecule has 0 amide bonds. The van der Waals surface area contributed by atoms with Crippen LogP contribution in [0.5, 0.6) is 0 Å². The number of nitrogens with zero attached hydrogens (tertiary/aromatic N) is 2. The van der Waals surface area contributed by atoms with Crippen molar-refractivity contribution in [3.8, 4) is 22.5 Å². The van der Waals surface area contributed by atoms with E-state index in [0.717, 1.165) is 0 Å². The van der Waals surface area contributed by atoms with Crippen LogP contribution in [0.1, 0.15) is 31.9 Å². The molecule has 2 nitrogen and oxygen atoms in total. The minimum atomic E-state index is -0.0539. The Kier molecular flexibility index (Phi) is 6.26. The third-order valence-corrected chi connectivity index (χ3v) is 10.5. The highest BCUT2D eigenvalue weighted by atomic mass is 15.0. The van der Waals surface area contributed by atoms with Crippen LogP contribution in [0.15, 0.2) is 164 Å². The summed E-state index contributed by atoms with van der Waals surface area (Å²) in [6, 6.07) is 49.1. The van der Waals surface area contributed by atoms with Gasteiger partial charge in [-0.1, -0.05) is 111 Å². The summed E-state index contributed by atoms with van der Waals surface area (Å²) >= 11 is 0. The van der Waals surface area contributed by atoms with Gasteiger partial charge in [0.05, 0.1) is 22.1 Å². The molecule has 0 saturated carbocycles. The lowest BCUT2D eigenvalue weighted by Crippen LogP contribution is -2.16. The van der Waals surface area contributed by atoms with Crippen LogP contribution in [0, 0.1) is 0 Å². The van der Waals surface area contributed by atoms with Gasteiger partial charge in [-0.05, 0) is 101 Å². The Hall–Kier alpha value is -5.86. The Morgan fingerprint density at radius 3 is 1.69 bits per heavy atom. The molecule has 0 atom stereocenters. The van der Waals surface area contributed by atoms with Crippen LogP contribution in [0.4, 0.5) is 0 Å². The summed E-state index contributed by atoms with van der Waals surface area (Å²) in [6.45, 7) is 10.8. The molecule has 0 N–H and O–H groups in total. The maximum Gasteiger partial charge on any atom is 0.0541 e. The van der Waals surface area contributed by atoms with Gasteiger partial charge in [0.1, 0.15) is 0 Å². The molecular weight excluding hydrogens is 581 g/mol. The van der Waals surface area contributed by atoms with E-state index in [1.54, 1.807) is 0 Å². The maximum absolute atomic E-state index is 3.90. The van der Waals surface area contributed by atoms with E-state index in [1.165, 1.54) is 88.4 Å². The van der Waals surface area contributed by atoms with Gasteiger partial charge in [-0.25, -0.2) is 0 Å².